The number of rotatable bonds is 6. The molecule has 5 nitrogen and oxygen atoms in total. The number of ketones is 1. The van der Waals surface area contributed by atoms with Gasteiger partial charge in [-0.3, -0.25) is 4.79 Å². The van der Waals surface area contributed by atoms with Crippen LogP contribution in [0.2, 0.25) is 0 Å². The summed E-state index contributed by atoms with van der Waals surface area (Å²) < 4.78 is 9.84. The van der Waals surface area contributed by atoms with Crippen molar-refractivity contribution in [2.75, 3.05) is 20.3 Å². The van der Waals surface area contributed by atoms with Gasteiger partial charge < -0.3 is 19.7 Å². The van der Waals surface area contributed by atoms with Crippen LogP contribution in [0.3, 0.4) is 0 Å². The van der Waals surface area contributed by atoms with E-state index in [1.807, 2.05) is 0 Å². The standard InChI is InChI=1S/C12H16O5/c1-12(15,16-2)11(14)9-3-5-10(6-4-9)17-8-7-13/h3-6,13,15H,7-8H2,1-2H3. The zero-order valence-electron chi connectivity index (χ0n) is 9.84. The van der Waals surface area contributed by atoms with Crippen molar-refractivity contribution in [2.24, 2.45) is 0 Å². The minimum atomic E-state index is -1.83. The van der Waals surface area contributed by atoms with Gasteiger partial charge in [-0.05, 0) is 31.2 Å². The number of hydrogen-bond donors (Lipinski definition) is 2. The predicted molar refractivity (Wildman–Crippen MR) is 61.0 cm³/mol. The van der Waals surface area contributed by atoms with Crippen molar-refractivity contribution in [2.45, 2.75) is 12.7 Å². The first-order chi connectivity index (χ1) is 8.01. The first-order valence-corrected chi connectivity index (χ1v) is 5.17. The lowest BCUT2D eigenvalue weighted by molar-refractivity contribution is -0.132. The van der Waals surface area contributed by atoms with E-state index in [0.717, 1.165) is 0 Å². The van der Waals surface area contributed by atoms with Crippen LogP contribution in [0.25, 0.3) is 0 Å². The van der Waals surface area contributed by atoms with Gasteiger partial charge in [0.15, 0.2) is 0 Å². The number of carbonyl (C=O) groups is 1. The van der Waals surface area contributed by atoms with Gasteiger partial charge >= 0.3 is 0 Å². The maximum atomic E-state index is 11.8. The summed E-state index contributed by atoms with van der Waals surface area (Å²) in [4.78, 5) is 11.8. The average Bonchev–Trinajstić information content (AvgIpc) is 2.36. The SMILES string of the molecule is COC(C)(O)C(=O)c1ccc(OCCO)cc1. The van der Waals surface area contributed by atoms with Gasteiger partial charge in [0.25, 0.3) is 0 Å². The number of ether oxygens (including phenoxy) is 2. The molecule has 0 amide bonds. The zero-order chi connectivity index (χ0) is 12.9. The van der Waals surface area contributed by atoms with Gasteiger partial charge in [-0.1, -0.05) is 0 Å². The van der Waals surface area contributed by atoms with Crippen molar-refractivity contribution in [3.05, 3.63) is 29.8 Å². The maximum Gasteiger partial charge on any atom is 0.228 e. The Balaban J connectivity index is 2.77. The van der Waals surface area contributed by atoms with Crippen molar-refractivity contribution >= 4 is 5.78 Å². The zero-order valence-corrected chi connectivity index (χ0v) is 9.84. The number of benzene rings is 1. The topological polar surface area (TPSA) is 76.0 Å². The van der Waals surface area contributed by atoms with Crippen LogP contribution in [0.15, 0.2) is 24.3 Å². The van der Waals surface area contributed by atoms with E-state index in [1.165, 1.54) is 26.2 Å². The van der Waals surface area contributed by atoms with Crippen LogP contribution < -0.4 is 4.74 Å². The van der Waals surface area contributed by atoms with Crippen molar-refractivity contribution in [1.82, 2.24) is 0 Å². The molecule has 1 rings (SSSR count). The number of carbonyl (C=O) groups excluding carboxylic acids is 1. The monoisotopic (exact) mass is 240 g/mol. The first-order valence-electron chi connectivity index (χ1n) is 5.17. The van der Waals surface area contributed by atoms with E-state index in [-0.39, 0.29) is 13.2 Å². The first kappa shape index (κ1) is 13.6. The van der Waals surface area contributed by atoms with E-state index in [1.54, 1.807) is 12.1 Å². The molecule has 0 saturated heterocycles. The van der Waals surface area contributed by atoms with Crippen molar-refractivity contribution in [3.8, 4) is 5.75 Å². The Labute approximate surface area is 99.6 Å². The molecule has 0 aliphatic rings. The third kappa shape index (κ3) is 3.52. The van der Waals surface area contributed by atoms with Crippen LogP contribution in [0.1, 0.15) is 17.3 Å². The Morgan fingerprint density at radius 2 is 1.94 bits per heavy atom. The Morgan fingerprint density at radius 3 is 2.41 bits per heavy atom. The normalized spacial score (nSPS) is 14.1. The number of methoxy groups -OCH3 is 1. The summed E-state index contributed by atoms with van der Waals surface area (Å²) >= 11 is 0. The van der Waals surface area contributed by atoms with Crippen molar-refractivity contribution in [3.63, 3.8) is 0 Å². The summed E-state index contributed by atoms with van der Waals surface area (Å²) in [6.45, 7) is 1.41. The molecule has 17 heavy (non-hydrogen) atoms. The summed E-state index contributed by atoms with van der Waals surface area (Å²) in [7, 11) is 1.26. The molecule has 0 aliphatic carbocycles. The number of Topliss-reactive ketones (excluding diaryl/α,β-unsaturated/α-hetero) is 1. The third-order valence-corrected chi connectivity index (χ3v) is 2.30. The molecular formula is C12H16O5. The van der Waals surface area contributed by atoms with E-state index in [0.29, 0.717) is 11.3 Å². The molecule has 0 radical (unpaired) electrons. The van der Waals surface area contributed by atoms with Crippen molar-refractivity contribution in [1.29, 1.82) is 0 Å². The van der Waals surface area contributed by atoms with Gasteiger partial charge in [-0.15, -0.1) is 0 Å². The lowest BCUT2D eigenvalue weighted by atomic mass is 10.0. The van der Waals surface area contributed by atoms with E-state index in [9.17, 15) is 9.90 Å². The van der Waals surface area contributed by atoms with Gasteiger partial charge in [-0.2, -0.15) is 0 Å². The second-order valence-electron chi connectivity index (χ2n) is 3.61. The fraction of sp³-hybridized carbons (Fsp3) is 0.417. The molecule has 1 atom stereocenters. The summed E-state index contributed by atoms with van der Waals surface area (Å²) in [5.41, 5.74) is 0.327. The fourth-order valence-corrected chi connectivity index (χ4v) is 1.23. The Hall–Kier alpha value is -1.43. The Kier molecular flexibility index (Phi) is 4.62. The highest BCUT2D eigenvalue weighted by atomic mass is 16.6. The molecule has 0 aromatic heterocycles. The smallest absolute Gasteiger partial charge is 0.228 e. The van der Waals surface area contributed by atoms with Gasteiger partial charge in [-0.25, -0.2) is 0 Å². The van der Waals surface area contributed by atoms with Crippen LogP contribution >= 0.6 is 0 Å². The highest BCUT2D eigenvalue weighted by molar-refractivity contribution is 6.01. The van der Waals surface area contributed by atoms with Crippen molar-refractivity contribution < 1.29 is 24.5 Å². The molecule has 0 aliphatic heterocycles. The molecule has 0 bridgehead atoms. The highest BCUT2D eigenvalue weighted by Gasteiger charge is 2.30. The van der Waals surface area contributed by atoms with E-state index < -0.39 is 11.6 Å². The van der Waals surface area contributed by atoms with Crippen LogP contribution in [0.5, 0.6) is 5.75 Å². The molecule has 0 saturated carbocycles. The second kappa shape index (κ2) is 5.77. The summed E-state index contributed by atoms with van der Waals surface area (Å²) in [6, 6.07) is 6.24. The molecular weight excluding hydrogens is 224 g/mol. The Bertz CT molecular complexity index is 369. The van der Waals surface area contributed by atoms with E-state index in [4.69, 9.17) is 14.6 Å². The number of hydrogen-bond acceptors (Lipinski definition) is 5. The molecule has 5 heteroatoms. The number of aliphatic hydroxyl groups is 2. The lowest BCUT2D eigenvalue weighted by Gasteiger charge is -2.19. The minimum Gasteiger partial charge on any atom is -0.491 e. The van der Waals surface area contributed by atoms with Crippen LogP contribution in [0.4, 0.5) is 0 Å². The van der Waals surface area contributed by atoms with Gasteiger partial charge in [0.2, 0.25) is 11.6 Å². The number of aliphatic hydroxyl groups excluding tert-OH is 1. The molecule has 0 heterocycles. The fourth-order valence-electron chi connectivity index (χ4n) is 1.23. The predicted octanol–water partition coefficient (Wildman–Crippen LogP) is 0.595. The third-order valence-electron chi connectivity index (χ3n) is 2.30. The molecule has 0 spiro atoms. The molecule has 1 aromatic carbocycles. The minimum absolute atomic E-state index is 0.0704. The molecule has 1 aromatic rings. The highest BCUT2D eigenvalue weighted by Crippen LogP contribution is 2.17. The summed E-state index contributed by atoms with van der Waals surface area (Å²) in [5, 5.41) is 18.2. The van der Waals surface area contributed by atoms with Gasteiger partial charge in [0.1, 0.15) is 12.4 Å². The van der Waals surface area contributed by atoms with Gasteiger partial charge in [0.05, 0.1) is 6.61 Å². The largest absolute Gasteiger partial charge is 0.491 e. The van der Waals surface area contributed by atoms with E-state index >= 15 is 0 Å². The summed E-state index contributed by atoms with van der Waals surface area (Å²) in [6.07, 6.45) is 0. The quantitative estimate of drug-likeness (QED) is 0.562. The molecule has 2 N–H and O–H groups in total. The molecule has 94 valence electrons. The summed E-state index contributed by atoms with van der Waals surface area (Å²) in [5.74, 6) is -1.80. The average molecular weight is 240 g/mol. The molecule has 1 unspecified atom stereocenters. The maximum absolute atomic E-state index is 11.8. The Morgan fingerprint density at radius 1 is 1.35 bits per heavy atom. The second-order valence-corrected chi connectivity index (χ2v) is 3.61. The molecule has 0 fully saturated rings. The van der Waals surface area contributed by atoms with Crippen LogP contribution in [-0.2, 0) is 4.74 Å². The lowest BCUT2D eigenvalue weighted by Crippen LogP contribution is -2.37. The van der Waals surface area contributed by atoms with E-state index in [2.05, 4.69) is 0 Å². The van der Waals surface area contributed by atoms with Crippen LogP contribution in [0, 0.1) is 0 Å². The van der Waals surface area contributed by atoms with Crippen LogP contribution in [-0.4, -0.2) is 42.1 Å². The van der Waals surface area contributed by atoms with Gasteiger partial charge in [0, 0.05) is 12.7 Å².